The van der Waals surface area contributed by atoms with Crippen molar-refractivity contribution in [1.82, 2.24) is 10.6 Å². The van der Waals surface area contributed by atoms with Crippen LogP contribution >= 0.6 is 35.6 Å². The van der Waals surface area contributed by atoms with Crippen LogP contribution in [0.15, 0.2) is 18.2 Å². The molecule has 2 N–H and O–H groups in total. The summed E-state index contributed by atoms with van der Waals surface area (Å²) >= 11 is 12.2. The molecule has 1 heterocycles. The SMILES string of the molecule is Cl.O=C(NC1CCNCC1)C1CC1c1cccc(Cl)c1Cl. The van der Waals surface area contributed by atoms with Gasteiger partial charge < -0.3 is 10.6 Å². The maximum atomic E-state index is 12.2. The highest BCUT2D eigenvalue weighted by Gasteiger charge is 2.45. The highest BCUT2D eigenvalue weighted by atomic mass is 35.5. The minimum atomic E-state index is 0. The lowest BCUT2D eigenvalue weighted by molar-refractivity contribution is -0.123. The summed E-state index contributed by atoms with van der Waals surface area (Å²) in [6.07, 6.45) is 2.90. The van der Waals surface area contributed by atoms with Crippen LogP contribution in [0, 0.1) is 5.92 Å². The van der Waals surface area contributed by atoms with E-state index >= 15 is 0 Å². The van der Waals surface area contributed by atoms with E-state index < -0.39 is 0 Å². The van der Waals surface area contributed by atoms with E-state index in [0.717, 1.165) is 37.9 Å². The number of rotatable bonds is 3. The molecule has 2 atom stereocenters. The first-order chi connectivity index (χ1) is 9.66. The van der Waals surface area contributed by atoms with Gasteiger partial charge >= 0.3 is 0 Å². The number of carbonyl (C=O) groups is 1. The molecular weight excluding hydrogens is 331 g/mol. The summed E-state index contributed by atoms with van der Waals surface area (Å²) < 4.78 is 0. The molecule has 1 aromatic carbocycles. The number of amides is 1. The predicted molar refractivity (Wildman–Crippen MR) is 88.6 cm³/mol. The Morgan fingerprint density at radius 3 is 2.67 bits per heavy atom. The lowest BCUT2D eigenvalue weighted by Crippen LogP contribution is -2.43. The normalized spacial score (nSPS) is 25.0. The van der Waals surface area contributed by atoms with Gasteiger partial charge in [-0.3, -0.25) is 4.79 Å². The number of halogens is 3. The third kappa shape index (κ3) is 3.84. The molecule has 1 amide bonds. The molecule has 2 unspecified atom stereocenters. The van der Waals surface area contributed by atoms with E-state index in [1.54, 1.807) is 6.07 Å². The quantitative estimate of drug-likeness (QED) is 0.878. The van der Waals surface area contributed by atoms with Gasteiger partial charge in [0.15, 0.2) is 0 Å². The van der Waals surface area contributed by atoms with Crippen LogP contribution in [0.3, 0.4) is 0 Å². The van der Waals surface area contributed by atoms with E-state index in [-0.39, 0.29) is 30.2 Å². The van der Waals surface area contributed by atoms with Crippen molar-refractivity contribution in [2.75, 3.05) is 13.1 Å². The van der Waals surface area contributed by atoms with E-state index in [0.29, 0.717) is 16.1 Å². The van der Waals surface area contributed by atoms with Gasteiger partial charge in [0.1, 0.15) is 0 Å². The van der Waals surface area contributed by atoms with Gasteiger partial charge in [-0.05, 0) is 49.9 Å². The second-order valence-electron chi connectivity index (χ2n) is 5.62. The molecule has 6 heteroatoms. The van der Waals surface area contributed by atoms with E-state index in [1.165, 1.54) is 0 Å². The number of benzene rings is 1. The second-order valence-corrected chi connectivity index (χ2v) is 6.41. The molecule has 0 aromatic heterocycles. The Labute approximate surface area is 141 Å². The van der Waals surface area contributed by atoms with Crippen LogP contribution in [-0.2, 0) is 4.79 Å². The van der Waals surface area contributed by atoms with Gasteiger partial charge in [-0.2, -0.15) is 0 Å². The number of hydrogen-bond donors (Lipinski definition) is 2. The van der Waals surface area contributed by atoms with E-state index in [1.807, 2.05) is 12.1 Å². The molecule has 1 saturated heterocycles. The maximum Gasteiger partial charge on any atom is 0.223 e. The second kappa shape index (κ2) is 7.19. The molecule has 3 rings (SSSR count). The number of piperidine rings is 1. The Bertz CT molecular complexity index is 518. The minimum Gasteiger partial charge on any atom is -0.353 e. The lowest BCUT2D eigenvalue weighted by atomic mass is 10.1. The molecule has 0 radical (unpaired) electrons. The van der Waals surface area contributed by atoms with Crippen LogP contribution in [0.25, 0.3) is 0 Å². The zero-order chi connectivity index (χ0) is 14.1. The van der Waals surface area contributed by atoms with Crippen molar-refractivity contribution >= 4 is 41.5 Å². The summed E-state index contributed by atoms with van der Waals surface area (Å²) in [6, 6.07) is 5.96. The molecule has 0 bridgehead atoms. The summed E-state index contributed by atoms with van der Waals surface area (Å²) in [4.78, 5) is 12.2. The highest BCUT2D eigenvalue weighted by molar-refractivity contribution is 6.42. The molecule has 0 spiro atoms. The Balaban J connectivity index is 0.00000161. The van der Waals surface area contributed by atoms with Gasteiger partial charge in [0.05, 0.1) is 10.0 Å². The van der Waals surface area contributed by atoms with Crippen LogP contribution in [0.2, 0.25) is 10.0 Å². The summed E-state index contributed by atoms with van der Waals surface area (Å²) in [7, 11) is 0. The first-order valence-electron chi connectivity index (χ1n) is 7.12. The van der Waals surface area contributed by atoms with Crippen LogP contribution < -0.4 is 10.6 Å². The number of nitrogens with one attached hydrogen (secondary N) is 2. The largest absolute Gasteiger partial charge is 0.353 e. The van der Waals surface area contributed by atoms with E-state index in [2.05, 4.69) is 10.6 Å². The Morgan fingerprint density at radius 2 is 1.95 bits per heavy atom. The summed E-state index contributed by atoms with van der Waals surface area (Å²) in [5, 5.41) is 7.61. The molecule has 1 saturated carbocycles. The van der Waals surface area contributed by atoms with Gasteiger partial charge in [-0.25, -0.2) is 0 Å². The van der Waals surface area contributed by atoms with Gasteiger partial charge in [-0.15, -0.1) is 12.4 Å². The van der Waals surface area contributed by atoms with E-state index in [4.69, 9.17) is 23.2 Å². The zero-order valence-corrected chi connectivity index (χ0v) is 13.9. The third-order valence-corrected chi connectivity index (χ3v) is 5.03. The fourth-order valence-corrected chi connectivity index (χ4v) is 3.36. The van der Waals surface area contributed by atoms with Gasteiger partial charge in [0, 0.05) is 12.0 Å². The Kier molecular flexibility index (Phi) is 5.78. The van der Waals surface area contributed by atoms with Crippen molar-refractivity contribution in [2.45, 2.75) is 31.2 Å². The molecule has 2 fully saturated rings. The number of hydrogen-bond acceptors (Lipinski definition) is 2. The average Bonchev–Trinajstić information content (AvgIpc) is 3.23. The molecule has 116 valence electrons. The van der Waals surface area contributed by atoms with Gasteiger partial charge in [-0.1, -0.05) is 35.3 Å². The molecule has 2 aliphatic rings. The average molecular weight is 350 g/mol. The first kappa shape index (κ1) is 16.9. The molecule has 1 aromatic rings. The van der Waals surface area contributed by atoms with Crippen LogP contribution in [0.4, 0.5) is 0 Å². The molecule has 1 aliphatic carbocycles. The van der Waals surface area contributed by atoms with Crippen molar-refractivity contribution < 1.29 is 4.79 Å². The highest BCUT2D eigenvalue weighted by Crippen LogP contribution is 2.50. The fraction of sp³-hybridized carbons (Fsp3) is 0.533. The number of carbonyl (C=O) groups excluding carboxylic acids is 1. The summed E-state index contributed by atoms with van der Waals surface area (Å²) in [6.45, 7) is 1.97. The molecule has 21 heavy (non-hydrogen) atoms. The topological polar surface area (TPSA) is 41.1 Å². The van der Waals surface area contributed by atoms with Crippen LogP contribution in [0.1, 0.15) is 30.7 Å². The first-order valence-corrected chi connectivity index (χ1v) is 7.87. The van der Waals surface area contributed by atoms with E-state index in [9.17, 15) is 4.79 Å². The molecular formula is C15H19Cl3N2O. The minimum absolute atomic E-state index is 0. The lowest BCUT2D eigenvalue weighted by Gasteiger charge is -2.23. The third-order valence-electron chi connectivity index (χ3n) is 4.19. The molecule has 1 aliphatic heterocycles. The van der Waals surface area contributed by atoms with Crippen molar-refractivity contribution in [1.29, 1.82) is 0 Å². The fourth-order valence-electron chi connectivity index (χ4n) is 2.91. The molecule has 3 nitrogen and oxygen atoms in total. The standard InChI is InChI=1S/C15H18Cl2N2O.ClH/c16-13-3-1-2-10(14(13)17)11-8-12(11)15(20)19-9-4-6-18-7-5-9;/h1-3,9,11-12,18H,4-8H2,(H,19,20);1H. The zero-order valence-electron chi connectivity index (χ0n) is 11.6. The van der Waals surface area contributed by atoms with Crippen LogP contribution in [-0.4, -0.2) is 25.0 Å². The Morgan fingerprint density at radius 1 is 1.24 bits per heavy atom. The summed E-state index contributed by atoms with van der Waals surface area (Å²) in [5.74, 6) is 0.446. The smallest absolute Gasteiger partial charge is 0.223 e. The maximum absolute atomic E-state index is 12.2. The monoisotopic (exact) mass is 348 g/mol. The van der Waals surface area contributed by atoms with Crippen LogP contribution in [0.5, 0.6) is 0 Å². The van der Waals surface area contributed by atoms with Gasteiger partial charge in [0.2, 0.25) is 5.91 Å². The van der Waals surface area contributed by atoms with Crippen molar-refractivity contribution in [3.63, 3.8) is 0 Å². The predicted octanol–water partition coefficient (Wildman–Crippen LogP) is 3.39. The Hall–Kier alpha value is -0.480. The van der Waals surface area contributed by atoms with Crippen molar-refractivity contribution in [3.05, 3.63) is 33.8 Å². The van der Waals surface area contributed by atoms with Crippen molar-refractivity contribution in [3.8, 4) is 0 Å². The summed E-state index contributed by atoms with van der Waals surface area (Å²) in [5.41, 5.74) is 1.00. The van der Waals surface area contributed by atoms with Crippen molar-refractivity contribution in [2.24, 2.45) is 5.92 Å². The van der Waals surface area contributed by atoms with Gasteiger partial charge in [0.25, 0.3) is 0 Å².